The number of hydrogen-bond acceptors (Lipinski definition) is 6. The van der Waals surface area contributed by atoms with E-state index in [1.54, 1.807) is 16.0 Å². The first-order valence-electron chi connectivity index (χ1n) is 14.2. The van der Waals surface area contributed by atoms with E-state index in [-0.39, 0.29) is 24.1 Å². The van der Waals surface area contributed by atoms with Crippen LogP contribution in [0.1, 0.15) is 72.3 Å². The van der Waals surface area contributed by atoms with Gasteiger partial charge in [0.2, 0.25) is 11.8 Å². The van der Waals surface area contributed by atoms with Gasteiger partial charge in [0.1, 0.15) is 6.04 Å². The minimum Gasteiger partial charge on any atom is -0.322 e. The smallest absolute Gasteiger partial charge is 0.255 e. The van der Waals surface area contributed by atoms with Crippen LogP contribution < -0.4 is 5.32 Å². The molecule has 3 aliphatic heterocycles. The number of rotatable bonds is 6. The molecule has 1 unspecified atom stereocenters. The quantitative estimate of drug-likeness (QED) is 0.548. The molecule has 39 heavy (non-hydrogen) atoms. The van der Waals surface area contributed by atoms with Crippen LogP contribution in [0.15, 0.2) is 41.3 Å². The molecule has 0 spiro atoms. The molecule has 2 aromatic rings. The van der Waals surface area contributed by atoms with Crippen LogP contribution in [0.2, 0.25) is 0 Å². The maximum absolute atomic E-state index is 13.0. The zero-order valence-corrected chi connectivity index (χ0v) is 23.8. The van der Waals surface area contributed by atoms with Crippen molar-refractivity contribution in [2.45, 2.75) is 65.1 Å². The van der Waals surface area contributed by atoms with Gasteiger partial charge in [0, 0.05) is 62.7 Å². The highest BCUT2D eigenvalue weighted by Gasteiger charge is 2.39. The highest BCUT2D eigenvalue weighted by Crippen LogP contribution is 2.44. The lowest BCUT2D eigenvalue weighted by atomic mass is 9.74. The van der Waals surface area contributed by atoms with Gasteiger partial charge in [-0.15, -0.1) is 11.3 Å². The molecule has 7 nitrogen and oxygen atoms in total. The van der Waals surface area contributed by atoms with Gasteiger partial charge in [-0.25, -0.2) is 0 Å². The summed E-state index contributed by atoms with van der Waals surface area (Å²) in [6, 6.07) is 10.00. The Labute approximate surface area is 234 Å². The third kappa shape index (κ3) is 5.60. The minimum atomic E-state index is -0.565. The Morgan fingerprint density at radius 1 is 1.00 bits per heavy atom. The molecule has 4 heterocycles. The largest absolute Gasteiger partial charge is 0.322 e. The second-order valence-corrected chi connectivity index (χ2v) is 13.3. The van der Waals surface area contributed by atoms with Crippen molar-refractivity contribution in [3.8, 4) is 0 Å². The molecular formula is C31H38N4O3S. The van der Waals surface area contributed by atoms with Crippen LogP contribution in [-0.2, 0) is 22.7 Å². The topological polar surface area (TPSA) is 73.0 Å². The van der Waals surface area contributed by atoms with E-state index in [4.69, 9.17) is 0 Å². The molecule has 0 radical (unpaired) electrons. The van der Waals surface area contributed by atoms with Crippen LogP contribution in [0.3, 0.4) is 0 Å². The summed E-state index contributed by atoms with van der Waals surface area (Å²) < 4.78 is 0. The summed E-state index contributed by atoms with van der Waals surface area (Å²) >= 11 is 1.87. The number of carbonyl (C=O) groups is 3. The first-order valence-corrected chi connectivity index (χ1v) is 15.1. The molecule has 206 valence electrons. The summed E-state index contributed by atoms with van der Waals surface area (Å²) in [6.45, 7) is 11.4. The molecule has 0 bridgehead atoms. The van der Waals surface area contributed by atoms with Gasteiger partial charge < -0.3 is 4.90 Å². The number of piperidine rings is 1. The Hall–Kier alpha value is -2.81. The molecule has 1 aromatic carbocycles. The normalized spacial score (nSPS) is 24.3. The molecule has 4 aliphatic rings. The van der Waals surface area contributed by atoms with Crippen LogP contribution in [0.25, 0.3) is 5.57 Å². The summed E-state index contributed by atoms with van der Waals surface area (Å²) in [5, 5.41) is 4.57. The Morgan fingerprint density at radius 2 is 1.77 bits per heavy atom. The Kier molecular flexibility index (Phi) is 7.20. The van der Waals surface area contributed by atoms with Gasteiger partial charge in [-0.05, 0) is 65.3 Å². The number of hydrogen-bond donors (Lipinski definition) is 1. The van der Waals surface area contributed by atoms with Gasteiger partial charge in [-0.3, -0.25) is 29.5 Å². The number of thiophene rings is 1. The van der Waals surface area contributed by atoms with Gasteiger partial charge in [0.15, 0.2) is 0 Å². The molecule has 2 fully saturated rings. The number of benzene rings is 1. The minimum absolute atomic E-state index is 0.109. The molecule has 3 amide bonds. The van der Waals surface area contributed by atoms with Crippen molar-refractivity contribution in [3.05, 3.63) is 62.9 Å². The van der Waals surface area contributed by atoms with Crippen molar-refractivity contribution in [1.29, 1.82) is 0 Å². The lowest BCUT2D eigenvalue weighted by molar-refractivity contribution is -0.136. The van der Waals surface area contributed by atoms with Crippen molar-refractivity contribution in [3.63, 3.8) is 0 Å². The number of carbonyl (C=O) groups excluding carboxylic acids is 3. The highest BCUT2D eigenvalue weighted by molar-refractivity contribution is 7.11. The predicted molar refractivity (Wildman–Crippen MR) is 153 cm³/mol. The van der Waals surface area contributed by atoms with E-state index in [9.17, 15) is 14.4 Å². The summed E-state index contributed by atoms with van der Waals surface area (Å²) in [4.78, 5) is 45.1. The molecule has 1 N–H and O–H groups in total. The number of nitrogens with zero attached hydrogens (tertiary/aromatic N) is 3. The zero-order chi connectivity index (χ0) is 27.1. The molecular weight excluding hydrogens is 508 g/mol. The average molecular weight is 547 g/mol. The van der Waals surface area contributed by atoms with E-state index in [0.717, 1.165) is 44.8 Å². The van der Waals surface area contributed by atoms with Crippen LogP contribution in [0.4, 0.5) is 0 Å². The number of piperazine rings is 1. The molecule has 1 aromatic heterocycles. The fourth-order valence-electron chi connectivity index (χ4n) is 6.58. The third-order valence-electron chi connectivity index (χ3n) is 8.88. The fraction of sp³-hybridized carbons (Fsp3) is 0.516. The summed E-state index contributed by atoms with van der Waals surface area (Å²) in [5.74, 6) is -0.729. The number of imide groups is 1. The number of allylic oxidation sites excluding steroid dienone is 1. The number of fused-ring (bicyclic) bond motifs is 1. The predicted octanol–water partition coefficient (Wildman–Crippen LogP) is 4.29. The van der Waals surface area contributed by atoms with E-state index in [1.165, 1.54) is 29.7 Å². The van der Waals surface area contributed by atoms with Gasteiger partial charge in [0.25, 0.3) is 5.91 Å². The highest BCUT2D eigenvalue weighted by atomic mass is 32.1. The lowest BCUT2D eigenvalue weighted by Gasteiger charge is -2.38. The first kappa shape index (κ1) is 26.4. The SMILES string of the molecule is CC1(C)CCC(CN2CCN(Cc3ccc4c(c3)CN(C3CCC(=O)NC3=O)C4=O)CC2)=C(c2cccs2)C1. The van der Waals surface area contributed by atoms with Crippen molar-refractivity contribution >= 4 is 34.6 Å². The fourth-order valence-corrected chi connectivity index (χ4v) is 7.40. The van der Waals surface area contributed by atoms with Crippen LogP contribution in [0.5, 0.6) is 0 Å². The molecule has 0 saturated carbocycles. The van der Waals surface area contributed by atoms with Gasteiger partial charge in [-0.2, -0.15) is 0 Å². The zero-order valence-electron chi connectivity index (χ0n) is 23.0. The molecule has 6 rings (SSSR count). The van der Waals surface area contributed by atoms with Crippen molar-refractivity contribution in [2.75, 3.05) is 32.7 Å². The Morgan fingerprint density at radius 3 is 2.49 bits per heavy atom. The lowest BCUT2D eigenvalue weighted by Crippen LogP contribution is -2.52. The van der Waals surface area contributed by atoms with E-state index >= 15 is 0 Å². The molecule has 1 aliphatic carbocycles. The summed E-state index contributed by atoms with van der Waals surface area (Å²) in [5.41, 5.74) is 6.46. The third-order valence-corrected chi connectivity index (χ3v) is 9.81. The Balaban J connectivity index is 1.06. The summed E-state index contributed by atoms with van der Waals surface area (Å²) in [7, 11) is 0. The number of amides is 3. The van der Waals surface area contributed by atoms with E-state index in [1.807, 2.05) is 17.4 Å². The second-order valence-electron chi connectivity index (χ2n) is 12.3. The van der Waals surface area contributed by atoms with Crippen molar-refractivity contribution in [1.82, 2.24) is 20.0 Å². The van der Waals surface area contributed by atoms with Gasteiger partial charge in [0.05, 0.1) is 0 Å². The average Bonchev–Trinajstić information content (AvgIpc) is 3.55. The first-order chi connectivity index (χ1) is 18.8. The molecule has 2 saturated heterocycles. The van der Waals surface area contributed by atoms with E-state index in [0.29, 0.717) is 23.9 Å². The van der Waals surface area contributed by atoms with Gasteiger partial charge in [-0.1, -0.05) is 37.6 Å². The second kappa shape index (κ2) is 10.6. The van der Waals surface area contributed by atoms with Crippen molar-refractivity contribution in [2.24, 2.45) is 5.41 Å². The van der Waals surface area contributed by atoms with Crippen LogP contribution >= 0.6 is 11.3 Å². The van der Waals surface area contributed by atoms with Gasteiger partial charge >= 0.3 is 0 Å². The Bertz CT molecular complexity index is 1310. The van der Waals surface area contributed by atoms with E-state index < -0.39 is 6.04 Å². The maximum atomic E-state index is 13.0. The maximum Gasteiger partial charge on any atom is 0.255 e. The number of nitrogens with one attached hydrogen (secondary N) is 1. The molecule has 1 atom stereocenters. The van der Waals surface area contributed by atoms with E-state index in [2.05, 4.69) is 58.6 Å². The van der Waals surface area contributed by atoms with Crippen LogP contribution in [-0.4, -0.2) is 71.2 Å². The van der Waals surface area contributed by atoms with Crippen LogP contribution in [0, 0.1) is 5.41 Å². The monoisotopic (exact) mass is 546 g/mol. The van der Waals surface area contributed by atoms with Crippen molar-refractivity contribution < 1.29 is 14.4 Å². The summed E-state index contributed by atoms with van der Waals surface area (Å²) in [6.07, 6.45) is 4.30. The molecule has 8 heteroatoms. The standard InChI is InChI=1S/C31H38N4O3S/c1-31(2)10-9-22(25(17-31)27-4-3-15-39-27)19-34-13-11-33(12-14-34)18-21-5-6-24-23(16-21)20-35(30(24)38)26-7-8-28(36)32-29(26)37/h3-6,15-16,26H,7-14,17-20H2,1-2H3,(H,32,36,37).